The Hall–Kier alpha value is -2.45. The number of esters is 1. The van der Waals surface area contributed by atoms with Crippen LogP contribution < -0.4 is 10.5 Å². The molecule has 2 aromatic rings. The van der Waals surface area contributed by atoms with E-state index in [-0.39, 0.29) is 23.7 Å². The number of ether oxygens (including phenoxy) is 3. The Kier molecular flexibility index (Phi) is 9.06. The largest absolute Gasteiger partial charge is 0.469 e. The Balaban J connectivity index is 1.98. The van der Waals surface area contributed by atoms with Gasteiger partial charge in [-0.1, -0.05) is 19.6 Å². The average Bonchev–Trinajstić information content (AvgIpc) is 3.18. The van der Waals surface area contributed by atoms with Gasteiger partial charge in [-0.2, -0.15) is 9.50 Å². The van der Waals surface area contributed by atoms with Crippen molar-refractivity contribution in [1.29, 1.82) is 0 Å². The predicted molar refractivity (Wildman–Crippen MR) is 145 cm³/mol. The lowest BCUT2D eigenvalue weighted by Crippen LogP contribution is -2.52. The van der Waals surface area contributed by atoms with Crippen molar-refractivity contribution < 1.29 is 23.8 Å². The van der Waals surface area contributed by atoms with Crippen LogP contribution in [0.2, 0.25) is 25.7 Å². The summed E-state index contributed by atoms with van der Waals surface area (Å²) in [4.78, 5) is 46.5. The standard InChI is InChI=1S/C23H37BrN6O6Si/c1-23(2,3)36-22(33)28-10-8-27(9-11-28)18-16(14-17(31)34-4)29(15-35-12-13-37(5,6)7)21-25-20(24)26-30(21)19(18)32/h8-15H2,1-7H3. The molecule has 3 rings (SSSR count). The molecule has 0 N–H and O–H groups in total. The first-order chi connectivity index (χ1) is 17.2. The van der Waals surface area contributed by atoms with Crippen molar-refractivity contribution in [2.45, 2.75) is 65.2 Å². The molecule has 1 fully saturated rings. The van der Waals surface area contributed by atoms with Crippen LogP contribution in [0.1, 0.15) is 26.5 Å². The second kappa shape index (κ2) is 11.5. The molecule has 0 spiro atoms. The average molecular weight is 602 g/mol. The van der Waals surface area contributed by atoms with Crippen LogP contribution >= 0.6 is 15.9 Å². The van der Waals surface area contributed by atoms with Crippen LogP contribution in [0.3, 0.4) is 0 Å². The second-order valence-corrected chi connectivity index (χ2v) is 17.5. The number of halogens is 1. The highest BCUT2D eigenvalue weighted by Gasteiger charge is 2.31. The molecule has 206 valence electrons. The van der Waals surface area contributed by atoms with Gasteiger partial charge in [0.25, 0.3) is 5.56 Å². The van der Waals surface area contributed by atoms with Gasteiger partial charge < -0.3 is 24.0 Å². The molecule has 0 aromatic carbocycles. The number of anilines is 1. The van der Waals surface area contributed by atoms with Crippen LogP contribution in [0.5, 0.6) is 0 Å². The monoisotopic (exact) mass is 600 g/mol. The van der Waals surface area contributed by atoms with Gasteiger partial charge in [0.1, 0.15) is 18.0 Å². The fourth-order valence-electron chi connectivity index (χ4n) is 3.88. The number of carbonyl (C=O) groups is 2. The number of hydrogen-bond acceptors (Lipinski definition) is 9. The third kappa shape index (κ3) is 7.54. The van der Waals surface area contributed by atoms with Crippen LogP contribution in [0, 0.1) is 0 Å². The van der Waals surface area contributed by atoms with E-state index in [1.54, 1.807) is 9.47 Å². The van der Waals surface area contributed by atoms with E-state index < -0.39 is 31.3 Å². The lowest BCUT2D eigenvalue weighted by atomic mass is 10.2. The zero-order valence-electron chi connectivity index (χ0n) is 22.7. The maximum absolute atomic E-state index is 13.6. The molecule has 0 bridgehead atoms. The molecule has 1 aliphatic heterocycles. The van der Waals surface area contributed by atoms with E-state index in [0.29, 0.717) is 44.2 Å². The molecule has 0 radical (unpaired) electrons. The first kappa shape index (κ1) is 29.1. The van der Waals surface area contributed by atoms with E-state index in [2.05, 4.69) is 45.7 Å². The molecule has 1 saturated heterocycles. The summed E-state index contributed by atoms with van der Waals surface area (Å²) in [6.45, 7) is 14.4. The van der Waals surface area contributed by atoms with Crippen LogP contribution in [0.15, 0.2) is 9.53 Å². The van der Waals surface area contributed by atoms with Gasteiger partial charge in [0.2, 0.25) is 10.5 Å². The lowest BCUT2D eigenvalue weighted by molar-refractivity contribution is -0.139. The quantitative estimate of drug-likeness (QED) is 0.256. The third-order valence-corrected chi connectivity index (χ3v) is 7.84. The number of nitrogens with zero attached hydrogens (tertiary/aromatic N) is 6. The molecular formula is C23H37BrN6O6Si. The summed E-state index contributed by atoms with van der Waals surface area (Å²) >= 11 is 3.26. The number of amides is 1. The minimum atomic E-state index is -1.32. The Morgan fingerprint density at radius 2 is 1.76 bits per heavy atom. The molecule has 14 heteroatoms. The first-order valence-electron chi connectivity index (χ1n) is 12.3. The molecule has 1 amide bonds. The van der Waals surface area contributed by atoms with E-state index in [1.165, 1.54) is 11.6 Å². The molecule has 0 atom stereocenters. The van der Waals surface area contributed by atoms with Crippen molar-refractivity contribution in [1.82, 2.24) is 24.1 Å². The SMILES string of the molecule is COC(=O)Cc1c(N2CCN(C(=O)OC(C)(C)C)CC2)c(=O)n2nc(Br)nc2n1COCC[Si](C)(C)C. The van der Waals surface area contributed by atoms with Crippen LogP contribution in [-0.4, -0.2) is 89.7 Å². The first-order valence-corrected chi connectivity index (χ1v) is 16.8. The number of piperazine rings is 1. The second-order valence-electron chi connectivity index (χ2n) is 11.2. The van der Waals surface area contributed by atoms with Gasteiger partial charge in [0.15, 0.2) is 0 Å². The summed E-state index contributed by atoms with van der Waals surface area (Å²) in [5.74, 6) is -0.230. The summed E-state index contributed by atoms with van der Waals surface area (Å²) in [5.41, 5.74) is -0.261. The molecular weight excluding hydrogens is 564 g/mol. The van der Waals surface area contributed by atoms with Crippen LogP contribution in [0.4, 0.5) is 10.5 Å². The van der Waals surface area contributed by atoms with Gasteiger partial charge in [-0.25, -0.2) is 4.79 Å². The van der Waals surface area contributed by atoms with Crippen molar-refractivity contribution in [3.8, 4) is 0 Å². The van der Waals surface area contributed by atoms with Gasteiger partial charge in [-0.05, 0) is 42.7 Å². The van der Waals surface area contributed by atoms with Gasteiger partial charge >= 0.3 is 12.1 Å². The van der Waals surface area contributed by atoms with E-state index in [4.69, 9.17) is 14.2 Å². The Labute approximate surface area is 226 Å². The highest BCUT2D eigenvalue weighted by atomic mass is 79.9. The highest BCUT2D eigenvalue weighted by molar-refractivity contribution is 9.10. The summed E-state index contributed by atoms with van der Waals surface area (Å²) in [6, 6.07) is 0.964. The minimum absolute atomic E-state index is 0.0938. The fraction of sp³-hybridized carbons (Fsp3) is 0.696. The lowest BCUT2D eigenvalue weighted by Gasteiger charge is -2.37. The van der Waals surface area contributed by atoms with Crippen molar-refractivity contribution >= 4 is 47.5 Å². The van der Waals surface area contributed by atoms with E-state index in [0.717, 1.165) is 6.04 Å². The smallest absolute Gasteiger partial charge is 0.410 e. The molecule has 0 saturated carbocycles. The highest BCUT2D eigenvalue weighted by Crippen LogP contribution is 2.23. The number of hydrogen-bond donors (Lipinski definition) is 0. The minimum Gasteiger partial charge on any atom is -0.469 e. The van der Waals surface area contributed by atoms with Crippen molar-refractivity contribution in [2.24, 2.45) is 0 Å². The maximum Gasteiger partial charge on any atom is 0.410 e. The molecule has 0 aliphatic carbocycles. The molecule has 2 aromatic heterocycles. The maximum atomic E-state index is 13.6. The number of rotatable bonds is 8. The van der Waals surface area contributed by atoms with Gasteiger partial charge in [-0.3, -0.25) is 14.2 Å². The Morgan fingerprint density at radius 1 is 1.11 bits per heavy atom. The van der Waals surface area contributed by atoms with E-state index >= 15 is 0 Å². The van der Waals surface area contributed by atoms with Crippen LogP contribution in [-0.2, 0) is 32.2 Å². The number of methoxy groups -OCH3 is 1. The summed E-state index contributed by atoms with van der Waals surface area (Å²) in [6.07, 6.45) is -0.545. The normalized spacial score (nSPS) is 14.8. The molecule has 37 heavy (non-hydrogen) atoms. The summed E-state index contributed by atoms with van der Waals surface area (Å²) in [7, 11) is -0.0117. The van der Waals surface area contributed by atoms with Gasteiger partial charge in [0, 0.05) is 40.9 Å². The van der Waals surface area contributed by atoms with Gasteiger partial charge in [-0.15, -0.1) is 5.10 Å². The van der Waals surface area contributed by atoms with Crippen molar-refractivity contribution in [2.75, 3.05) is 44.8 Å². The molecule has 12 nitrogen and oxygen atoms in total. The third-order valence-electron chi connectivity index (χ3n) is 5.80. The zero-order valence-corrected chi connectivity index (χ0v) is 25.3. The Bertz CT molecular complexity index is 1190. The van der Waals surface area contributed by atoms with Gasteiger partial charge in [0.05, 0.1) is 19.2 Å². The molecule has 3 heterocycles. The molecule has 1 aliphatic rings. The van der Waals surface area contributed by atoms with E-state index in [9.17, 15) is 14.4 Å². The Morgan fingerprint density at radius 3 is 2.32 bits per heavy atom. The molecule has 0 unspecified atom stereocenters. The summed E-state index contributed by atoms with van der Waals surface area (Å²) < 4.78 is 19.6. The van der Waals surface area contributed by atoms with Crippen LogP contribution in [0.25, 0.3) is 5.78 Å². The number of aromatic nitrogens is 4. The van der Waals surface area contributed by atoms with Crippen molar-refractivity contribution in [3.05, 3.63) is 20.8 Å². The number of carbonyl (C=O) groups excluding carboxylic acids is 2. The predicted octanol–water partition coefficient (Wildman–Crippen LogP) is 2.74. The van der Waals surface area contributed by atoms with Crippen molar-refractivity contribution in [3.63, 3.8) is 0 Å². The van der Waals surface area contributed by atoms with E-state index in [1.807, 2.05) is 25.7 Å². The fourth-order valence-corrected chi connectivity index (χ4v) is 4.95. The summed E-state index contributed by atoms with van der Waals surface area (Å²) in [5, 5.41) is 4.23. The zero-order chi connectivity index (χ0) is 27.5. The topological polar surface area (TPSA) is 121 Å². The number of fused-ring (bicyclic) bond motifs is 1.